The summed E-state index contributed by atoms with van der Waals surface area (Å²) >= 11 is 5.03. The summed E-state index contributed by atoms with van der Waals surface area (Å²) in [7, 11) is 0. The van der Waals surface area contributed by atoms with E-state index in [1.54, 1.807) is 0 Å². The number of halogens is 2. The average molecular weight is 408 g/mol. The number of rotatable bonds is 1. The lowest BCUT2D eigenvalue weighted by molar-refractivity contribution is 0.858. The van der Waals surface area contributed by atoms with Gasteiger partial charge in [0.05, 0.1) is 7.35 Å². The van der Waals surface area contributed by atoms with E-state index in [1.165, 1.54) is 5.56 Å². The number of hydrogen-bond donors (Lipinski definition) is 0. The highest BCUT2D eigenvalue weighted by Gasteiger charge is 2.33. The molecule has 0 bridgehead atoms. The average Bonchev–Trinajstić information content (AvgIpc) is 2.24. The van der Waals surface area contributed by atoms with Crippen LogP contribution in [0, 0.1) is 0 Å². The van der Waals surface area contributed by atoms with Crippen LogP contribution in [0.2, 0.25) is 0 Å². The lowest BCUT2D eigenvalue weighted by atomic mass is 9.92. The van der Waals surface area contributed by atoms with E-state index in [2.05, 4.69) is 99.8 Å². The van der Waals surface area contributed by atoms with E-state index >= 15 is 0 Å². The van der Waals surface area contributed by atoms with Crippen molar-refractivity contribution in [1.82, 2.24) is 0 Å². The zero-order chi connectivity index (χ0) is 10.0. The van der Waals surface area contributed by atoms with E-state index in [-0.39, 0.29) is 3.42 Å². The summed E-state index contributed by atoms with van der Waals surface area (Å²) in [6.45, 7) is 0. The Morgan fingerprint density at radius 2 is 1.79 bits per heavy atom. The maximum Gasteiger partial charge on any atom is 0.0805 e. The second-order valence-corrected chi connectivity index (χ2v) is 6.41. The van der Waals surface area contributed by atoms with Crippen LogP contribution in [0.15, 0.2) is 54.6 Å². The minimum Gasteiger partial charge on any atom is -0.0759 e. The molecule has 0 radical (unpaired) electrons. The molecule has 2 heteroatoms. The van der Waals surface area contributed by atoms with Crippen LogP contribution in [0.5, 0.6) is 0 Å². The quantitative estimate of drug-likeness (QED) is 0.482. The molecule has 0 saturated heterocycles. The van der Waals surface area contributed by atoms with Crippen molar-refractivity contribution in [2.45, 2.75) is 7.35 Å². The first-order valence-corrected chi connectivity index (χ1v) is 6.80. The van der Waals surface area contributed by atoms with Gasteiger partial charge in [0, 0.05) is 0 Å². The smallest absolute Gasteiger partial charge is 0.0759 e. The van der Waals surface area contributed by atoms with Crippen LogP contribution >= 0.6 is 45.2 Å². The predicted octanol–water partition coefficient (Wildman–Crippen LogP) is 4.25. The standard InChI is InChI=1S/C12H10I2/c13-11-8-4-5-9-12(11,14)10-6-2-1-3-7-10/h1-9,11H. The summed E-state index contributed by atoms with van der Waals surface area (Å²) in [5, 5.41) is 0. The molecule has 1 aromatic carbocycles. The molecular weight excluding hydrogens is 398 g/mol. The normalized spacial score (nSPS) is 30.6. The minimum atomic E-state index is 0.119. The maximum absolute atomic E-state index is 2.54. The Bertz CT molecular complexity index is 367. The molecule has 0 fully saturated rings. The van der Waals surface area contributed by atoms with Crippen molar-refractivity contribution in [1.29, 1.82) is 0 Å². The summed E-state index contributed by atoms with van der Waals surface area (Å²) < 4.78 is 0.641. The van der Waals surface area contributed by atoms with Crippen LogP contribution in [-0.4, -0.2) is 3.92 Å². The van der Waals surface area contributed by atoms with E-state index in [4.69, 9.17) is 0 Å². The van der Waals surface area contributed by atoms with Gasteiger partial charge in [-0.15, -0.1) is 0 Å². The van der Waals surface area contributed by atoms with E-state index in [9.17, 15) is 0 Å². The highest BCUT2D eigenvalue weighted by Crippen LogP contribution is 2.43. The zero-order valence-electron chi connectivity index (χ0n) is 7.53. The number of allylic oxidation sites excluding steroid dienone is 4. The third-order valence-electron chi connectivity index (χ3n) is 2.35. The molecule has 0 aliphatic heterocycles. The summed E-state index contributed by atoms with van der Waals surface area (Å²) in [6, 6.07) is 10.7. The van der Waals surface area contributed by atoms with Gasteiger partial charge >= 0.3 is 0 Å². The number of alkyl halides is 2. The van der Waals surface area contributed by atoms with Crippen LogP contribution in [-0.2, 0) is 3.42 Å². The minimum absolute atomic E-state index is 0.119. The molecule has 0 saturated carbocycles. The van der Waals surface area contributed by atoms with Crippen LogP contribution in [0.1, 0.15) is 5.56 Å². The molecule has 0 heterocycles. The Balaban J connectivity index is 2.42. The SMILES string of the molecule is IC1C=CC=CC1(I)c1ccccc1. The molecule has 0 amide bonds. The van der Waals surface area contributed by atoms with E-state index in [0.717, 1.165) is 0 Å². The highest BCUT2D eigenvalue weighted by molar-refractivity contribution is 14.1. The molecule has 2 unspecified atom stereocenters. The van der Waals surface area contributed by atoms with Crippen LogP contribution in [0.25, 0.3) is 0 Å². The van der Waals surface area contributed by atoms with Gasteiger partial charge in [-0.25, -0.2) is 0 Å². The van der Waals surface area contributed by atoms with Gasteiger partial charge < -0.3 is 0 Å². The Kier molecular flexibility index (Phi) is 3.31. The summed E-state index contributed by atoms with van der Waals surface area (Å²) in [5.74, 6) is 0. The van der Waals surface area contributed by atoms with E-state index < -0.39 is 0 Å². The van der Waals surface area contributed by atoms with Gasteiger partial charge in [-0.2, -0.15) is 0 Å². The fourth-order valence-corrected chi connectivity index (χ4v) is 3.12. The molecule has 1 aliphatic rings. The van der Waals surface area contributed by atoms with Crippen molar-refractivity contribution in [3.05, 3.63) is 60.2 Å². The monoisotopic (exact) mass is 408 g/mol. The molecule has 0 nitrogen and oxygen atoms in total. The van der Waals surface area contributed by atoms with Crippen molar-refractivity contribution in [2.24, 2.45) is 0 Å². The van der Waals surface area contributed by atoms with Crippen LogP contribution in [0.4, 0.5) is 0 Å². The molecule has 0 spiro atoms. The third-order valence-corrected chi connectivity index (χ3v) is 6.59. The molecule has 0 aromatic heterocycles. The van der Waals surface area contributed by atoms with Gasteiger partial charge in [-0.05, 0) is 5.56 Å². The molecule has 1 aliphatic carbocycles. The summed E-state index contributed by atoms with van der Waals surface area (Å²) in [4.78, 5) is 0. The number of benzene rings is 1. The second kappa shape index (κ2) is 4.35. The van der Waals surface area contributed by atoms with Crippen molar-refractivity contribution in [3.63, 3.8) is 0 Å². The summed E-state index contributed by atoms with van der Waals surface area (Å²) in [5.41, 5.74) is 1.38. The highest BCUT2D eigenvalue weighted by atomic mass is 127. The molecule has 0 N–H and O–H groups in total. The van der Waals surface area contributed by atoms with Gasteiger partial charge in [0.1, 0.15) is 0 Å². The predicted molar refractivity (Wildman–Crippen MR) is 78.2 cm³/mol. The Labute approximate surface area is 112 Å². The van der Waals surface area contributed by atoms with Gasteiger partial charge in [0.15, 0.2) is 0 Å². The number of hydrogen-bond acceptors (Lipinski definition) is 0. The molecule has 72 valence electrons. The topological polar surface area (TPSA) is 0 Å². The molecule has 1 aromatic rings. The van der Waals surface area contributed by atoms with Gasteiger partial charge in [0.2, 0.25) is 0 Å². The van der Waals surface area contributed by atoms with Gasteiger partial charge in [-0.1, -0.05) is 99.8 Å². The lowest BCUT2D eigenvalue weighted by Crippen LogP contribution is -2.26. The maximum atomic E-state index is 2.54. The zero-order valence-corrected chi connectivity index (χ0v) is 11.8. The fourth-order valence-electron chi connectivity index (χ4n) is 1.54. The molecule has 2 rings (SSSR count). The molecular formula is C12H10I2. The van der Waals surface area contributed by atoms with Crippen molar-refractivity contribution < 1.29 is 0 Å². The summed E-state index contributed by atoms with van der Waals surface area (Å²) in [6.07, 6.45) is 8.78. The van der Waals surface area contributed by atoms with E-state index in [1.807, 2.05) is 0 Å². The largest absolute Gasteiger partial charge is 0.0805 e. The molecule has 14 heavy (non-hydrogen) atoms. The second-order valence-electron chi connectivity index (χ2n) is 3.28. The third kappa shape index (κ3) is 1.91. The first-order chi connectivity index (χ1) is 6.73. The Morgan fingerprint density at radius 1 is 1.07 bits per heavy atom. The Hall–Kier alpha value is 0.160. The van der Waals surface area contributed by atoms with Crippen LogP contribution < -0.4 is 0 Å². The van der Waals surface area contributed by atoms with Gasteiger partial charge in [-0.3, -0.25) is 0 Å². The van der Waals surface area contributed by atoms with Crippen molar-refractivity contribution in [3.8, 4) is 0 Å². The fraction of sp³-hybridized carbons (Fsp3) is 0.167. The first-order valence-electron chi connectivity index (χ1n) is 4.48. The van der Waals surface area contributed by atoms with Crippen molar-refractivity contribution in [2.75, 3.05) is 0 Å². The van der Waals surface area contributed by atoms with E-state index in [0.29, 0.717) is 3.92 Å². The first kappa shape index (κ1) is 10.7. The van der Waals surface area contributed by atoms with Crippen LogP contribution in [0.3, 0.4) is 0 Å². The Morgan fingerprint density at radius 3 is 2.43 bits per heavy atom. The molecule has 2 atom stereocenters. The van der Waals surface area contributed by atoms with Gasteiger partial charge in [0.25, 0.3) is 0 Å². The lowest BCUT2D eigenvalue weighted by Gasteiger charge is -2.30. The van der Waals surface area contributed by atoms with Crippen molar-refractivity contribution >= 4 is 45.2 Å².